The summed E-state index contributed by atoms with van der Waals surface area (Å²) < 4.78 is 5.91. The van der Waals surface area contributed by atoms with Gasteiger partial charge in [-0.05, 0) is 12.1 Å². The Morgan fingerprint density at radius 2 is 1.81 bits per heavy atom. The van der Waals surface area contributed by atoms with Crippen LogP contribution in [0.15, 0.2) is 64.0 Å². The average molecular weight is 278 g/mol. The average Bonchev–Trinajstić information content (AvgIpc) is 2.89. The lowest BCUT2D eigenvalue weighted by Crippen LogP contribution is -2.06. The van der Waals surface area contributed by atoms with Gasteiger partial charge in [-0.2, -0.15) is 0 Å². The number of aliphatic imine (C=N–C) groups is 1. The number of carbonyl (C=O) groups is 1. The quantitative estimate of drug-likeness (QED) is 0.587. The lowest BCUT2D eigenvalue weighted by atomic mass is 10.1. The standard InChI is InChI=1S/C17H14N2O2/c1-18-15(12-7-3-2-4-8-12)17-16(19-11-20)13-9-5-6-10-14(13)21-17/h2-11H,1H3,(H,19,20)/b18-15-. The summed E-state index contributed by atoms with van der Waals surface area (Å²) in [7, 11) is 1.71. The highest BCUT2D eigenvalue weighted by Crippen LogP contribution is 2.32. The van der Waals surface area contributed by atoms with Gasteiger partial charge in [0.05, 0.1) is 5.69 Å². The number of furan rings is 1. The number of fused-ring (bicyclic) bond motifs is 1. The van der Waals surface area contributed by atoms with Crippen LogP contribution in [-0.4, -0.2) is 19.2 Å². The Hall–Kier alpha value is -2.88. The van der Waals surface area contributed by atoms with Crippen LogP contribution in [0, 0.1) is 0 Å². The number of benzene rings is 2. The van der Waals surface area contributed by atoms with E-state index in [0.717, 1.165) is 10.9 Å². The summed E-state index contributed by atoms with van der Waals surface area (Å²) in [6, 6.07) is 17.3. The van der Waals surface area contributed by atoms with Crippen molar-refractivity contribution in [2.45, 2.75) is 0 Å². The van der Waals surface area contributed by atoms with Crippen LogP contribution >= 0.6 is 0 Å². The zero-order valence-corrected chi connectivity index (χ0v) is 11.5. The summed E-state index contributed by atoms with van der Waals surface area (Å²) in [5, 5.41) is 3.59. The molecule has 104 valence electrons. The van der Waals surface area contributed by atoms with E-state index < -0.39 is 0 Å². The van der Waals surface area contributed by atoms with Crippen LogP contribution in [0.3, 0.4) is 0 Å². The Morgan fingerprint density at radius 3 is 2.52 bits per heavy atom. The van der Waals surface area contributed by atoms with Crippen LogP contribution in [-0.2, 0) is 4.79 Å². The number of carbonyl (C=O) groups excluding carboxylic acids is 1. The van der Waals surface area contributed by atoms with E-state index in [-0.39, 0.29) is 0 Å². The van der Waals surface area contributed by atoms with E-state index in [0.29, 0.717) is 29.2 Å². The number of para-hydroxylation sites is 1. The highest BCUT2D eigenvalue weighted by molar-refractivity contribution is 6.18. The predicted octanol–water partition coefficient (Wildman–Crippen LogP) is 3.47. The van der Waals surface area contributed by atoms with Gasteiger partial charge in [0.1, 0.15) is 11.3 Å². The molecule has 3 rings (SSSR count). The van der Waals surface area contributed by atoms with E-state index in [9.17, 15) is 4.79 Å². The first kappa shape index (κ1) is 13.1. The largest absolute Gasteiger partial charge is 0.452 e. The number of amides is 1. The minimum Gasteiger partial charge on any atom is -0.452 e. The van der Waals surface area contributed by atoms with Crippen LogP contribution in [0.25, 0.3) is 11.0 Å². The molecule has 4 heteroatoms. The second-order valence-electron chi connectivity index (χ2n) is 4.50. The second kappa shape index (κ2) is 5.63. The Balaban J connectivity index is 2.23. The molecule has 0 aliphatic heterocycles. The van der Waals surface area contributed by atoms with Crippen molar-refractivity contribution in [2.75, 3.05) is 12.4 Å². The van der Waals surface area contributed by atoms with Crippen molar-refractivity contribution in [3.05, 3.63) is 65.9 Å². The molecule has 0 atom stereocenters. The van der Waals surface area contributed by atoms with Gasteiger partial charge in [-0.15, -0.1) is 0 Å². The zero-order chi connectivity index (χ0) is 14.7. The normalized spacial score (nSPS) is 11.6. The fraction of sp³-hybridized carbons (Fsp3) is 0.0588. The minimum atomic E-state index is 0.567. The topological polar surface area (TPSA) is 54.6 Å². The van der Waals surface area contributed by atoms with Gasteiger partial charge in [0.25, 0.3) is 0 Å². The van der Waals surface area contributed by atoms with Gasteiger partial charge in [-0.25, -0.2) is 0 Å². The molecule has 3 aromatic rings. The molecule has 1 heterocycles. The Morgan fingerprint density at radius 1 is 1.10 bits per heavy atom. The van der Waals surface area contributed by atoms with Gasteiger partial charge in [0.15, 0.2) is 5.76 Å². The molecule has 0 fully saturated rings. The molecule has 0 aliphatic rings. The highest BCUT2D eigenvalue weighted by atomic mass is 16.3. The molecule has 0 spiro atoms. The number of hydrogen-bond donors (Lipinski definition) is 1. The van der Waals surface area contributed by atoms with Crippen LogP contribution in [0.2, 0.25) is 0 Å². The van der Waals surface area contributed by atoms with Gasteiger partial charge in [-0.3, -0.25) is 9.79 Å². The summed E-state index contributed by atoms with van der Waals surface area (Å²) in [5.41, 5.74) is 3.00. The van der Waals surface area contributed by atoms with Gasteiger partial charge in [-0.1, -0.05) is 42.5 Å². The third kappa shape index (κ3) is 2.31. The Bertz CT molecular complexity index is 804. The molecule has 0 unspecified atom stereocenters. The highest BCUT2D eigenvalue weighted by Gasteiger charge is 2.19. The first-order chi connectivity index (χ1) is 10.3. The predicted molar refractivity (Wildman–Crippen MR) is 83.9 cm³/mol. The summed E-state index contributed by atoms with van der Waals surface area (Å²) in [6.45, 7) is 0. The Kier molecular flexibility index (Phi) is 3.51. The molecule has 1 aromatic heterocycles. The van der Waals surface area contributed by atoms with Crippen molar-refractivity contribution in [3.8, 4) is 0 Å². The van der Waals surface area contributed by atoms with Gasteiger partial charge >= 0.3 is 0 Å². The van der Waals surface area contributed by atoms with Crippen LogP contribution in [0.4, 0.5) is 5.69 Å². The Labute approximate surface area is 122 Å². The maximum atomic E-state index is 10.9. The van der Waals surface area contributed by atoms with Gasteiger partial charge in [0.2, 0.25) is 6.41 Å². The molecule has 4 nitrogen and oxygen atoms in total. The fourth-order valence-corrected chi connectivity index (χ4v) is 2.37. The smallest absolute Gasteiger partial charge is 0.211 e. The van der Waals surface area contributed by atoms with Crippen molar-refractivity contribution in [2.24, 2.45) is 4.99 Å². The summed E-state index contributed by atoms with van der Waals surface area (Å²) in [5.74, 6) is 0.567. The monoisotopic (exact) mass is 278 g/mol. The molecule has 0 aliphatic carbocycles. The lowest BCUT2D eigenvalue weighted by molar-refractivity contribution is -0.105. The van der Waals surface area contributed by atoms with E-state index in [1.54, 1.807) is 7.05 Å². The summed E-state index contributed by atoms with van der Waals surface area (Å²) >= 11 is 0. The molecule has 0 radical (unpaired) electrons. The SMILES string of the molecule is C/N=C(/c1ccccc1)c1oc2ccccc2c1NC=O. The van der Waals surface area contributed by atoms with Crippen LogP contribution in [0.5, 0.6) is 0 Å². The van der Waals surface area contributed by atoms with E-state index >= 15 is 0 Å². The first-order valence-corrected chi connectivity index (χ1v) is 6.59. The molecule has 1 amide bonds. The number of hydrogen-bond acceptors (Lipinski definition) is 3. The van der Waals surface area contributed by atoms with Crippen LogP contribution < -0.4 is 5.32 Å². The molecule has 0 bridgehead atoms. The molecular formula is C17H14N2O2. The van der Waals surface area contributed by atoms with E-state index in [4.69, 9.17) is 4.42 Å². The van der Waals surface area contributed by atoms with E-state index in [1.165, 1.54) is 0 Å². The molecule has 1 N–H and O–H groups in total. The first-order valence-electron chi connectivity index (χ1n) is 6.59. The zero-order valence-electron chi connectivity index (χ0n) is 11.5. The maximum Gasteiger partial charge on any atom is 0.211 e. The number of anilines is 1. The summed E-state index contributed by atoms with van der Waals surface area (Å²) in [6.07, 6.45) is 0.652. The fourth-order valence-electron chi connectivity index (χ4n) is 2.37. The van der Waals surface area contributed by atoms with E-state index in [2.05, 4.69) is 10.3 Å². The van der Waals surface area contributed by atoms with Crippen LogP contribution in [0.1, 0.15) is 11.3 Å². The van der Waals surface area contributed by atoms with Crippen molar-refractivity contribution in [3.63, 3.8) is 0 Å². The van der Waals surface area contributed by atoms with Crippen molar-refractivity contribution in [1.82, 2.24) is 0 Å². The third-order valence-corrected chi connectivity index (χ3v) is 3.28. The van der Waals surface area contributed by atoms with Crippen molar-refractivity contribution < 1.29 is 9.21 Å². The number of rotatable bonds is 4. The molecule has 0 saturated carbocycles. The molecule has 21 heavy (non-hydrogen) atoms. The van der Waals surface area contributed by atoms with Crippen molar-refractivity contribution >= 4 is 28.8 Å². The third-order valence-electron chi connectivity index (χ3n) is 3.28. The summed E-state index contributed by atoms with van der Waals surface area (Å²) in [4.78, 5) is 15.3. The van der Waals surface area contributed by atoms with Crippen molar-refractivity contribution in [1.29, 1.82) is 0 Å². The van der Waals surface area contributed by atoms with Gasteiger partial charge in [0, 0.05) is 18.0 Å². The maximum absolute atomic E-state index is 10.9. The molecule has 2 aromatic carbocycles. The second-order valence-corrected chi connectivity index (χ2v) is 4.50. The molecular weight excluding hydrogens is 264 g/mol. The number of nitrogens with zero attached hydrogens (tertiary/aromatic N) is 1. The van der Waals surface area contributed by atoms with Gasteiger partial charge < -0.3 is 9.73 Å². The molecule has 0 saturated heterocycles. The van der Waals surface area contributed by atoms with E-state index in [1.807, 2.05) is 54.6 Å². The lowest BCUT2D eigenvalue weighted by Gasteiger charge is -2.05. The minimum absolute atomic E-state index is 0.567. The number of nitrogens with one attached hydrogen (secondary N) is 1.